The Morgan fingerprint density at radius 2 is 1.87 bits per heavy atom. The molecule has 6 nitrogen and oxygen atoms in total. The molecule has 0 atom stereocenters. The summed E-state index contributed by atoms with van der Waals surface area (Å²) >= 11 is 0. The first-order valence-electron chi connectivity index (χ1n) is 7.60. The van der Waals surface area contributed by atoms with Gasteiger partial charge in [-0.1, -0.05) is 13.8 Å². The Hall–Kier alpha value is -2.63. The maximum absolute atomic E-state index is 12.0. The molecule has 1 amide bonds. The number of carbonyl (C=O) groups excluding carboxylic acids is 1. The van der Waals surface area contributed by atoms with Crippen LogP contribution in [0.4, 0.5) is 17.2 Å². The summed E-state index contributed by atoms with van der Waals surface area (Å²) in [6.07, 6.45) is 1.39. The zero-order valence-corrected chi connectivity index (χ0v) is 14.0. The maximum atomic E-state index is 12.0. The van der Waals surface area contributed by atoms with E-state index in [1.165, 1.54) is 6.33 Å². The van der Waals surface area contributed by atoms with Gasteiger partial charge in [-0.3, -0.25) is 4.79 Å². The summed E-state index contributed by atoms with van der Waals surface area (Å²) in [4.78, 5) is 22.3. The molecule has 0 bridgehead atoms. The third-order valence-electron chi connectivity index (χ3n) is 3.23. The van der Waals surface area contributed by atoms with Gasteiger partial charge in [-0.15, -0.1) is 0 Å². The number of anilines is 3. The Labute approximate surface area is 137 Å². The van der Waals surface area contributed by atoms with Crippen LogP contribution in [-0.4, -0.2) is 36.5 Å². The van der Waals surface area contributed by atoms with Crippen LogP contribution in [0.5, 0.6) is 0 Å². The van der Waals surface area contributed by atoms with Crippen molar-refractivity contribution in [2.45, 2.75) is 13.8 Å². The number of hydrogen-bond donors (Lipinski definition) is 2. The summed E-state index contributed by atoms with van der Waals surface area (Å²) in [5.74, 6) is 0.799. The van der Waals surface area contributed by atoms with E-state index in [1.54, 1.807) is 6.07 Å². The van der Waals surface area contributed by atoms with Crippen molar-refractivity contribution >= 4 is 23.1 Å². The van der Waals surface area contributed by atoms with Crippen molar-refractivity contribution in [3.8, 4) is 0 Å². The van der Waals surface area contributed by atoms with Gasteiger partial charge in [0.15, 0.2) is 0 Å². The lowest BCUT2D eigenvalue weighted by Gasteiger charge is -2.13. The number of aromatic nitrogens is 2. The quantitative estimate of drug-likeness (QED) is 0.858. The van der Waals surface area contributed by atoms with E-state index in [9.17, 15) is 4.79 Å². The summed E-state index contributed by atoms with van der Waals surface area (Å²) in [6, 6.07) is 9.61. The Balaban J connectivity index is 2.06. The molecule has 0 aliphatic carbocycles. The second-order valence-corrected chi connectivity index (χ2v) is 5.96. The van der Waals surface area contributed by atoms with E-state index < -0.39 is 0 Å². The van der Waals surface area contributed by atoms with Crippen molar-refractivity contribution in [1.29, 1.82) is 0 Å². The number of amides is 1. The maximum Gasteiger partial charge on any atom is 0.270 e. The lowest BCUT2D eigenvalue weighted by atomic mass is 10.2. The Morgan fingerprint density at radius 3 is 2.48 bits per heavy atom. The van der Waals surface area contributed by atoms with Crippen molar-refractivity contribution in [3.05, 3.63) is 42.4 Å². The summed E-state index contributed by atoms with van der Waals surface area (Å²) in [5, 5.41) is 6.03. The topological polar surface area (TPSA) is 70.2 Å². The highest BCUT2D eigenvalue weighted by Gasteiger charge is 2.09. The van der Waals surface area contributed by atoms with E-state index >= 15 is 0 Å². The first-order valence-corrected chi connectivity index (χ1v) is 7.60. The van der Waals surface area contributed by atoms with Gasteiger partial charge in [-0.25, -0.2) is 9.97 Å². The van der Waals surface area contributed by atoms with Gasteiger partial charge in [0.2, 0.25) is 0 Å². The summed E-state index contributed by atoms with van der Waals surface area (Å²) in [7, 11) is 3.99. The number of carbonyl (C=O) groups is 1. The van der Waals surface area contributed by atoms with E-state index in [0.29, 0.717) is 24.0 Å². The minimum absolute atomic E-state index is 0.188. The van der Waals surface area contributed by atoms with Crippen LogP contribution in [0.3, 0.4) is 0 Å². The number of nitrogens with one attached hydrogen (secondary N) is 2. The normalized spacial score (nSPS) is 10.5. The monoisotopic (exact) mass is 313 g/mol. The fourth-order valence-electron chi connectivity index (χ4n) is 1.93. The second-order valence-electron chi connectivity index (χ2n) is 5.96. The van der Waals surface area contributed by atoms with Crippen LogP contribution >= 0.6 is 0 Å². The van der Waals surface area contributed by atoms with E-state index in [2.05, 4.69) is 20.6 Å². The van der Waals surface area contributed by atoms with Crippen molar-refractivity contribution in [2.24, 2.45) is 5.92 Å². The minimum atomic E-state index is -0.188. The zero-order valence-electron chi connectivity index (χ0n) is 14.0. The number of hydrogen-bond acceptors (Lipinski definition) is 5. The first kappa shape index (κ1) is 16.7. The molecule has 1 heterocycles. The molecule has 0 radical (unpaired) electrons. The molecule has 122 valence electrons. The van der Waals surface area contributed by atoms with Gasteiger partial charge in [0.05, 0.1) is 0 Å². The van der Waals surface area contributed by atoms with Crippen LogP contribution in [0.1, 0.15) is 24.3 Å². The second kappa shape index (κ2) is 7.58. The number of nitrogens with zero attached hydrogens (tertiary/aromatic N) is 3. The lowest BCUT2D eigenvalue weighted by molar-refractivity contribution is 0.0944. The van der Waals surface area contributed by atoms with Crippen LogP contribution in [0.25, 0.3) is 0 Å². The third-order valence-corrected chi connectivity index (χ3v) is 3.23. The smallest absolute Gasteiger partial charge is 0.270 e. The molecule has 1 aromatic carbocycles. The average Bonchev–Trinajstić information content (AvgIpc) is 2.53. The molecule has 1 aromatic heterocycles. The highest BCUT2D eigenvalue weighted by molar-refractivity contribution is 5.92. The van der Waals surface area contributed by atoms with Gasteiger partial charge in [0.1, 0.15) is 17.8 Å². The Morgan fingerprint density at radius 1 is 1.17 bits per heavy atom. The van der Waals surface area contributed by atoms with Gasteiger partial charge >= 0.3 is 0 Å². The van der Waals surface area contributed by atoms with Crippen molar-refractivity contribution in [2.75, 3.05) is 30.9 Å². The number of benzene rings is 1. The van der Waals surface area contributed by atoms with E-state index in [-0.39, 0.29) is 5.91 Å². The van der Waals surface area contributed by atoms with Gasteiger partial charge < -0.3 is 15.5 Å². The van der Waals surface area contributed by atoms with Gasteiger partial charge in [-0.05, 0) is 30.2 Å². The van der Waals surface area contributed by atoms with Crippen LogP contribution in [0, 0.1) is 5.92 Å². The van der Waals surface area contributed by atoms with E-state index in [0.717, 1.165) is 11.4 Å². The lowest BCUT2D eigenvalue weighted by Crippen LogP contribution is -2.28. The minimum Gasteiger partial charge on any atom is -0.378 e. The fraction of sp³-hybridized carbons (Fsp3) is 0.353. The molecule has 0 unspecified atom stereocenters. The molecular weight excluding hydrogens is 290 g/mol. The van der Waals surface area contributed by atoms with E-state index in [1.807, 2.05) is 57.1 Å². The van der Waals surface area contributed by atoms with Crippen LogP contribution in [0.15, 0.2) is 36.7 Å². The molecule has 0 fully saturated rings. The fourth-order valence-corrected chi connectivity index (χ4v) is 1.93. The predicted octanol–water partition coefficient (Wildman–Crippen LogP) is 2.67. The molecule has 0 saturated carbocycles. The largest absolute Gasteiger partial charge is 0.378 e. The van der Waals surface area contributed by atoms with Crippen LogP contribution < -0.4 is 15.5 Å². The van der Waals surface area contributed by atoms with E-state index in [4.69, 9.17) is 0 Å². The molecule has 0 aliphatic heterocycles. The Kier molecular flexibility index (Phi) is 5.51. The molecule has 2 aromatic rings. The zero-order chi connectivity index (χ0) is 16.8. The molecule has 23 heavy (non-hydrogen) atoms. The SMILES string of the molecule is CC(C)CNC(=O)c1cc(Nc2ccc(N(C)C)cc2)ncn1. The molecule has 0 saturated heterocycles. The highest BCUT2D eigenvalue weighted by atomic mass is 16.1. The highest BCUT2D eigenvalue weighted by Crippen LogP contribution is 2.19. The summed E-state index contributed by atoms with van der Waals surface area (Å²) in [5.41, 5.74) is 2.38. The van der Waals surface area contributed by atoms with Crippen molar-refractivity contribution in [1.82, 2.24) is 15.3 Å². The molecule has 0 spiro atoms. The van der Waals surface area contributed by atoms with Crippen molar-refractivity contribution in [3.63, 3.8) is 0 Å². The third kappa shape index (κ3) is 4.95. The molecule has 6 heteroatoms. The van der Waals surface area contributed by atoms with Gasteiger partial charge in [0, 0.05) is 38.1 Å². The Bertz CT molecular complexity index is 652. The summed E-state index contributed by atoms with van der Waals surface area (Å²) in [6.45, 7) is 4.72. The van der Waals surface area contributed by atoms with Crippen LogP contribution in [-0.2, 0) is 0 Å². The molecular formula is C17H23N5O. The first-order chi connectivity index (χ1) is 11.0. The molecule has 2 rings (SSSR count). The predicted molar refractivity (Wildman–Crippen MR) is 93.3 cm³/mol. The van der Waals surface area contributed by atoms with Crippen molar-refractivity contribution < 1.29 is 4.79 Å². The van der Waals surface area contributed by atoms with Crippen LogP contribution in [0.2, 0.25) is 0 Å². The average molecular weight is 313 g/mol. The standard InChI is InChI=1S/C17H23N5O/c1-12(2)10-18-17(23)15-9-16(20-11-19-15)21-13-5-7-14(8-6-13)22(3)4/h5-9,11-12H,10H2,1-4H3,(H,18,23)(H,19,20,21). The molecule has 0 aliphatic rings. The number of rotatable bonds is 6. The summed E-state index contributed by atoms with van der Waals surface area (Å²) < 4.78 is 0. The molecule has 2 N–H and O–H groups in total. The van der Waals surface area contributed by atoms with Gasteiger partial charge in [-0.2, -0.15) is 0 Å². The van der Waals surface area contributed by atoms with Gasteiger partial charge in [0.25, 0.3) is 5.91 Å².